The van der Waals surface area contributed by atoms with Gasteiger partial charge in [0.1, 0.15) is 0 Å². The Kier molecular flexibility index (Phi) is 6.48. The number of aromatic nitrogens is 3. The van der Waals surface area contributed by atoms with Crippen molar-refractivity contribution in [1.82, 2.24) is 19.7 Å². The Morgan fingerprint density at radius 2 is 2.04 bits per heavy atom. The van der Waals surface area contributed by atoms with Crippen molar-refractivity contribution in [1.29, 1.82) is 0 Å². The number of thioether (sulfide) groups is 1. The Balaban J connectivity index is 1.54. The molecule has 2 heterocycles. The van der Waals surface area contributed by atoms with E-state index in [9.17, 15) is 9.59 Å². The third-order valence-corrected chi connectivity index (χ3v) is 6.31. The summed E-state index contributed by atoms with van der Waals surface area (Å²) in [5.41, 5.74) is 7.97. The number of amides is 2. The van der Waals surface area contributed by atoms with Gasteiger partial charge in [-0.3, -0.25) is 9.59 Å². The second kappa shape index (κ2) is 9.03. The summed E-state index contributed by atoms with van der Waals surface area (Å²) in [6.07, 6.45) is 3.88. The topological polar surface area (TPSA) is 94.1 Å². The lowest BCUT2D eigenvalue weighted by Gasteiger charge is -2.15. The zero-order chi connectivity index (χ0) is 20.1. The highest BCUT2D eigenvalue weighted by Gasteiger charge is 2.15. The minimum atomic E-state index is -0.379. The Hall–Kier alpha value is -2.65. The molecule has 3 aromatic rings. The van der Waals surface area contributed by atoms with Crippen molar-refractivity contribution in [2.75, 3.05) is 12.8 Å². The average molecular weight is 416 g/mol. The molecule has 2 aromatic heterocycles. The van der Waals surface area contributed by atoms with Crippen LogP contribution in [0.1, 0.15) is 16.1 Å². The van der Waals surface area contributed by atoms with Gasteiger partial charge >= 0.3 is 0 Å². The van der Waals surface area contributed by atoms with Gasteiger partial charge in [0.25, 0.3) is 0 Å². The molecule has 0 saturated carbocycles. The van der Waals surface area contributed by atoms with Crippen molar-refractivity contribution in [2.45, 2.75) is 24.2 Å². The van der Waals surface area contributed by atoms with Crippen LogP contribution >= 0.6 is 23.1 Å². The van der Waals surface area contributed by atoms with E-state index in [0.717, 1.165) is 26.2 Å². The number of hydrogen-bond acceptors (Lipinski definition) is 6. The van der Waals surface area contributed by atoms with Gasteiger partial charge in [0, 0.05) is 30.2 Å². The first kappa shape index (κ1) is 20.1. The highest BCUT2D eigenvalue weighted by molar-refractivity contribution is 8.01. The normalized spacial score (nSPS) is 10.8. The molecule has 7 nitrogen and oxygen atoms in total. The molecule has 28 heavy (non-hydrogen) atoms. The summed E-state index contributed by atoms with van der Waals surface area (Å²) >= 11 is 2.79. The van der Waals surface area contributed by atoms with Gasteiger partial charge in [0.05, 0.1) is 29.8 Å². The number of nitrogens with two attached hydrogens (primary N) is 1. The largest absolute Gasteiger partial charge is 0.369 e. The molecule has 0 bridgehead atoms. The van der Waals surface area contributed by atoms with Gasteiger partial charge < -0.3 is 10.6 Å². The Morgan fingerprint density at radius 3 is 2.75 bits per heavy atom. The molecule has 0 unspecified atom stereocenters. The van der Waals surface area contributed by atoms with Gasteiger partial charge in [0.15, 0.2) is 4.34 Å². The zero-order valence-corrected chi connectivity index (χ0v) is 17.3. The molecule has 0 radical (unpaired) electrons. The van der Waals surface area contributed by atoms with Crippen LogP contribution < -0.4 is 5.73 Å². The quantitative estimate of drug-likeness (QED) is 0.570. The molecule has 2 amide bonds. The summed E-state index contributed by atoms with van der Waals surface area (Å²) in [6.45, 7) is 2.33. The first-order valence-electron chi connectivity index (χ1n) is 8.62. The highest BCUT2D eigenvalue weighted by Crippen LogP contribution is 2.27. The Labute approximate surface area is 171 Å². The van der Waals surface area contributed by atoms with Crippen LogP contribution in [0.2, 0.25) is 0 Å². The predicted molar refractivity (Wildman–Crippen MR) is 111 cm³/mol. The molecular formula is C19H21N5O2S2. The van der Waals surface area contributed by atoms with E-state index in [2.05, 4.69) is 10.1 Å². The number of benzene rings is 1. The van der Waals surface area contributed by atoms with Gasteiger partial charge in [-0.05, 0) is 19.1 Å². The van der Waals surface area contributed by atoms with Crippen molar-refractivity contribution in [3.63, 3.8) is 0 Å². The standard InChI is InChI=1S/C19H21N5O2S2/c1-13-16(8-17(20)25)28-19(22-13)27-12-18(26)23(2)10-14-9-21-24(11-14)15-6-4-3-5-7-15/h3-7,9,11H,8,10,12H2,1-2H3,(H2,20,25). The highest BCUT2D eigenvalue weighted by atomic mass is 32.2. The number of hydrogen-bond donors (Lipinski definition) is 1. The van der Waals surface area contributed by atoms with Crippen LogP contribution in [0, 0.1) is 6.92 Å². The molecule has 0 spiro atoms. The number of aryl methyl sites for hydroxylation is 1. The second-order valence-electron chi connectivity index (χ2n) is 6.30. The number of carbonyl (C=O) groups is 2. The van der Waals surface area contributed by atoms with Crippen molar-refractivity contribution in [3.05, 3.63) is 58.9 Å². The third kappa shape index (κ3) is 5.20. The maximum absolute atomic E-state index is 12.4. The molecule has 0 atom stereocenters. The fourth-order valence-corrected chi connectivity index (χ4v) is 4.73. The van der Waals surface area contributed by atoms with E-state index < -0.39 is 0 Å². The molecule has 0 saturated heterocycles. The first-order valence-corrected chi connectivity index (χ1v) is 10.4. The van der Waals surface area contributed by atoms with Crippen LogP contribution in [0.5, 0.6) is 0 Å². The van der Waals surface area contributed by atoms with Crippen LogP contribution in [0.3, 0.4) is 0 Å². The fourth-order valence-electron chi connectivity index (χ4n) is 2.54. The summed E-state index contributed by atoms with van der Waals surface area (Å²) in [5, 5.41) is 4.36. The number of thiazole rings is 1. The molecule has 0 fully saturated rings. The number of carbonyl (C=O) groups excluding carboxylic acids is 2. The van der Waals surface area contributed by atoms with E-state index in [1.165, 1.54) is 23.1 Å². The molecule has 0 aliphatic carbocycles. The van der Waals surface area contributed by atoms with Crippen LogP contribution in [-0.2, 0) is 22.6 Å². The summed E-state index contributed by atoms with van der Waals surface area (Å²) in [7, 11) is 1.77. The molecule has 0 aliphatic heterocycles. The number of nitrogens with zero attached hydrogens (tertiary/aromatic N) is 4. The van der Waals surface area contributed by atoms with Crippen LogP contribution in [0.15, 0.2) is 47.1 Å². The van der Waals surface area contributed by atoms with Crippen molar-refractivity contribution in [3.8, 4) is 5.69 Å². The molecule has 2 N–H and O–H groups in total. The molecule has 1 aromatic carbocycles. The Bertz CT molecular complexity index is 968. The molecule has 146 valence electrons. The van der Waals surface area contributed by atoms with Crippen LogP contribution in [-0.4, -0.2) is 44.3 Å². The summed E-state index contributed by atoms with van der Waals surface area (Å²) in [6, 6.07) is 9.83. The average Bonchev–Trinajstić information content (AvgIpc) is 3.27. The van der Waals surface area contributed by atoms with Gasteiger partial charge in [-0.1, -0.05) is 30.0 Å². The lowest BCUT2D eigenvalue weighted by Crippen LogP contribution is -2.27. The summed E-state index contributed by atoms with van der Waals surface area (Å²) in [4.78, 5) is 30.5. The summed E-state index contributed by atoms with van der Waals surface area (Å²) < 4.78 is 2.56. The zero-order valence-electron chi connectivity index (χ0n) is 15.7. The van der Waals surface area contributed by atoms with E-state index in [4.69, 9.17) is 5.73 Å². The maximum atomic E-state index is 12.4. The fraction of sp³-hybridized carbons (Fsp3) is 0.263. The second-order valence-corrected chi connectivity index (χ2v) is 8.60. The van der Waals surface area contributed by atoms with Gasteiger partial charge in [-0.15, -0.1) is 11.3 Å². The smallest absolute Gasteiger partial charge is 0.233 e. The van der Waals surface area contributed by atoms with Crippen molar-refractivity contribution >= 4 is 34.9 Å². The van der Waals surface area contributed by atoms with Crippen molar-refractivity contribution < 1.29 is 9.59 Å². The van der Waals surface area contributed by atoms with E-state index in [-0.39, 0.29) is 24.0 Å². The van der Waals surface area contributed by atoms with E-state index >= 15 is 0 Å². The van der Waals surface area contributed by atoms with Crippen LogP contribution in [0.4, 0.5) is 0 Å². The SMILES string of the molecule is Cc1nc(SCC(=O)N(C)Cc2cnn(-c3ccccc3)c2)sc1CC(N)=O. The van der Waals surface area contributed by atoms with Crippen LogP contribution in [0.25, 0.3) is 5.69 Å². The van der Waals surface area contributed by atoms with E-state index in [1.54, 1.807) is 22.8 Å². The first-order chi connectivity index (χ1) is 13.4. The number of rotatable bonds is 8. The minimum Gasteiger partial charge on any atom is -0.369 e. The van der Waals surface area contributed by atoms with E-state index in [1.807, 2.05) is 43.5 Å². The maximum Gasteiger partial charge on any atom is 0.233 e. The van der Waals surface area contributed by atoms with E-state index in [0.29, 0.717) is 6.54 Å². The third-order valence-electron chi connectivity index (χ3n) is 4.03. The number of para-hydroxylation sites is 1. The van der Waals surface area contributed by atoms with Gasteiger partial charge in [-0.25, -0.2) is 9.67 Å². The van der Waals surface area contributed by atoms with Crippen molar-refractivity contribution in [2.24, 2.45) is 5.73 Å². The number of primary amides is 1. The Morgan fingerprint density at radius 1 is 1.29 bits per heavy atom. The predicted octanol–water partition coefficient (Wildman–Crippen LogP) is 2.42. The summed E-state index contributed by atoms with van der Waals surface area (Å²) in [5.74, 6) is -0.0938. The molecule has 9 heteroatoms. The minimum absolute atomic E-state index is 0.00163. The lowest BCUT2D eigenvalue weighted by atomic mass is 10.3. The molecule has 3 rings (SSSR count). The molecule has 0 aliphatic rings. The van der Waals surface area contributed by atoms with Gasteiger partial charge in [-0.2, -0.15) is 5.10 Å². The molecular weight excluding hydrogens is 394 g/mol. The monoisotopic (exact) mass is 415 g/mol. The lowest BCUT2D eigenvalue weighted by molar-refractivity contribution is -0.127. The van der Waals surface area contributed by atoms with Gasteiger partial charge in [0.2, 0.25) is 11.8 Å².